The second-order valence-corrected chi connectivity index (χ2v) is 5.31. The molecule has 0 aliphatic heterocycles. The number of carbonyl (C=O) groups is 2. The Morgan fingerprint density at radius 2 is 1.79 bits per heavy atom. The Kier molecular flexibility index (Phi) is 5.59. The molecule has 0 aliphatic carbocycles. The van der Waals surface area contributed by atoms with Crippen molar-refractivity contribution in [3.8, 4) is 0 Å². The van der Waals surface area contributed by atoms with Gasteiger partial charge in [-0.3, -0.25) is 19.7 Å². The van der Waals surface area contributed by atoms with Gasteiger partial charge in [0.2, 0.25) is 5.91 Å². The molecular formula is C16H12ClFN2O4. The lowest BCUT2D eigenvalue weighted by molar-refractivity contribution is -0.384. The van der Waals surface area contributed by atoms with Crippen LogP contribution in [0.3, 0.4) is 0 Å². The molecule has 8 heteroatoms. The third-order valence-corrected chi connectivity index (χ3v) is 3.50. The summed E-state index contributed by atoms with van der Waals surface area (Å²) >= 11 is 5.87. The molecule has 0 spiro atoms. The van der Waals surface area contributed by atoms with Crippen LogP contribution in [0.2, 0.25) is 5.02 Å². The fraction of sp³-hybridized carbons (Fsp3) is 0.125. The topological polar surface area (TPSA) is 89.3 Å². The van der Waals surface area contributed by atoms with Crippen molar-refractivity contribution < 1.29 is 18.9 Å². The van der Waals surface area contributed by atoms with Crippen molar-refractivity contribution in [3.05, 3.63) is 69.0 Å². The zero-order chi connectivity index (χ0) is 17.7. The van der Waals surface area contributed by atoms with Crippen molar-refractivity contribution in [1.29, 1.82) is 0 Å². The minimum atomic E-state index is -0.598. The smallest absolute Gasteiger partial charge is 0.271 e. The Balaban J connectivity index is 1.92. The standard InChI is InChI=1S/C16H12ClFN2O4/c17-13-9-12(20(23)24)5-6-14(13)19-16(22)8-7-15(21)10-1-3-11(18)4-2-10/h1-6,9H,7-8H2,(H,19,22). The molecule has 0 atom stereocenters. The van der Waals surface area contributed by atoms with E-state index < -0.39 is 16.6 Å². The Labute approximate surface area is 141 Å². The zero-order valence-electron chi connectivity index (χ0n) is 12.3. The lowest BCUT2D eigenvalue weighted by Gasteiger charge is -2.07. The van der Waals surface area contributed by atoms with Crippen LogP contribution in [0, 0.1) is 15.9 Å². The number of anilines is 1. The second-order valence-electron chi connectivity index (χ2n) is 4.90. The molecule has 0 radical (unpaired) electrons. The minimum Gasteiger partial charge on any atom is -0.325 e. The zero-order valence-corrected chi connectivity index (χ0v) is 13.0. The summed E-state index contributed by atoms with van der Waals surface area (Å²) in [5.41, 5.74) is 0.351. The summed E-state index contributed by atoms with van der Waals surface area (Å²) in [6, 6.07) is 8.70. The molecule has 2 aromatic rings. The number of amides is 1. The summed E-state index contributed by atoms with van der Waals surface area (Å²) in [4.78, 5) is 33.8. The van der Waals surface area contributed by atoms with Gasteiger partial charge in [-0.2, -0.15) is 0 Å². The van der Waals surface area contributed by atoms with Crippen molar-refractivity contribution >= 4 is 34.7 Å². The summed E-state index contributed by atoms with van der Waals surface area (Å²) in [6.45, 7) is 0. The molecule has 124 valence electrons. The Bertz CT molecular complexity index is 793. The van der Waals surface area contributed by atoms with E-state index in [4.69, 9.17) is 11.6 Å². The molecule has 0 aromatic heterocycles. The van der Waals surface area contributed by atoms with Crippen molar-refractivity contribution in [3.63, 3.8) is 0 Å². The van der Waals surface area contributed by atoms with Crippen LogP contribution in [-0.2, 0) is 4.79 Å². The first-order valence-electron chi connectivity index (χ1n) is 6.89. The van der Waals surface area contributed by atoms with Crippen molar-refractivity contribution in [1.82, 2.24) is 0 Å². The molecule has 2 rings (SSSR count). The third-order valence-electron chi connectivity index (χ3n) is 3.18. The quantitative estimate of drug-likeness (QED) is 0.484. The van der Waals surface area contributed by atoms with Gasteiger partial charge in [0.05, 0.1) is 15.6 Å². The number of nitro groups is 1. The SMILES string of the molecule is O=C(CCC(=O)c1ccc(F)cc1)Nc1ccc([N+](=O)[O-])cc1Cl. The van der Waals surface area contributed by atoms with Crippen molar-refractivity contribution in [2.75, 3.05) is 5.32 Å². The van der Waals surface area contributed by atoms with Gasteiger partial charge in [0.1, 0.15) is 5.82 Å². The van der Waals surface area contributed by atoms with Gasteiger partial charge < -0.3 is 5.32 Å². The first-order valence-corrected chi connectivity index (χ1v) is 7.27. The van der Waals surface area contributed by atoms with Gasteiger partial charge in [0.25, 0.3) is 5.69 Å². The molecule has 1 amide bonds. The monoisotopic (exact) mass is 350 g/mol. The molecular weight excluding hydrogens is 339 g/mol. The Morgan fingerprint density at radius 3 is 2.38 bits per heavy atom. The van der Waals surface area contributed by atoms with Crippen LogP contribution in [-0.4, -0.2) is 16.6 Å². The number of carbonyl (C=O) groups excluding carboxylic acids is 2. The molecule has 0 unspecified atom stereocenters. The highest BCUT2D eigenvalue weighted by molar-refractivity contribution is 6.34. The largest absolute Gasteiger partial charge is 0.325 e. The summed E-state index contributed by atoms with van der Waals surface area (Å²) in [6.07, 6.45) is -0.147. The van der Waals surface area contributed by atoms with E-state index in [-0.39, 0.29) is 35.0 Å². The number of ketones is 1. The summed E-state index contributed by atoms with van der Waals surface area (Å²) in [7, 11) is 0. The summed E-state index contributed by atoms with van der Waals surface area (Å²) in [5, 5.41) is 13.1. The molecule has 0 saturated heterocycles. The summed E-state index contributed by atoms with van der Waals surface area (Å²) in [5.74, 6) is -1.20. The van der Waals surface area contributed by atoms with Crippen LogP contribution in [0.1, 0.15) is 23.2 Å². The van der Waals surface area contributed by atoms with Crippen LogP contribution >= 0.6 is 11.6 Å². The van der Waals surface area contributed by atoms with Crippen LogP contribution in [0.5, 0.6) is 0 Å². The number of Topliss-reactive ketones (excluding diaryl/α,β-unsaturated/α-hetero) is 1. The number of nitrogens with zero attached hydrogens (tertiary/aromatic N) is 1. The maximum absolute atomic E-state index is 12.8. The average molecular weight is 351 g/mol. The van der Waals surface area contributed by atoms with E-state index in [1.54, 1.807) is 0 Å². The minimum absolute atomic E-state index is 0.0300. The van der Waals surface area contributed by atoms with Crippen LogP contribution in [0.15, 0.2) is 42.5 Å². The molecule has 6 nitrogen and oxygen atoms in total. The van der Waals surface area contributed by atoms with Gasteiger partial charge in [0.15, 0.2) is 5.78 Å². The molecule has 0 saturated carbocycles. The lowest BCUT2D eigenvalue weighted by atomic mass is 10.1. The van der Waals surface area contributed by atoms with E-state index in [2.05, 4.69) is 5.32 Å². The van der Waals surface area contributed by atoms with E-state index in [0.717, 1.165) is 6.07 Å². The average Bonchev–Trinajstić information content (AvgIpc) is 2.55. The maximum atomic E-state index is 12.8. The molecule has 2 aromatic carbocycles. The molecule has 0 fully saturated rings. The van der Waals surface area contributed by atoms with Crippen LogP contribution in [0.25, 0.3) is 0 Å². The van der Waals surface area contributed by atoms with Crippen molar-refractivity contribution in [2.24, 2.45) is 0 Å². The Hall–Kier alpha value is -2.80. The molecule has 0 heterocycles. The lowest BCUT2D eigenvalue weighted by Crippen LogP contribution is -2.14. The number of rotatable bonds is 6. The first-order chi connectivity index (χ1) is 11.4. The summed E-state index contributed by atoms with van der Waals surface area (Å²) < 4.78 is 12.8. The van der Waals surface area contributed by atoms with Gasteiger partial charge in [0, 0.05) is 30.5 Å². The molecule has 24 heavy (non-hydrogen) atoms. The third kappa shape index (κ3) is 4.60. The normalized spacial score (nSPS) is 10.2. The van der Waals surface area contributed by atoms with Gasteiger partial charge in [-0.15, -0.1) is 0 Å². The number of non-ortho nitro benzene ring substituents is 1. The van der Waals surface area contributed by atoms with E-state index in [1.807, 2.05) is 0 Å². The van der Waals surface area contributed by atoms with Gasteiger partial charge in [-0.05, 0) is 30.3 Å². The van der Waals surface area contributed by atoms with E-state index in [9.17, 15) is 24.1 Å². The predicted octanol–water partition coefficient (Wildman–Crippen LogP) is 3.99. The van der Waals surface area contributed by atoms with Crippen molar-refractivity contribution in [2.45, 2.75) is 12.8 Å². The predicted molar refractivity (Wildman–Crippen MR) is 86.7 cm³/mol. The number of nitro benzene ring substituents is 1. The highest BCUT2D eigenvalue weighted by Gasteiger charge is 2.13. The van der Waals surface area contributed by atoms with E-state index in [0.29, 0.717) is 5.56 Å². The van der Waals surface area contributed by atoms with E-state index in [1.165, 1.54) is 36.4 Å². The number of nitrogens with one attached hydrogen (secondary N) is 1. The number of hydrogen-bond donors (Lipinski definition) is 1. The highest BCUT2D eigenvalue weighted by atomic mass is 35.5. The first kappa shape index (κ1) is 17.6. The van der Waals surface area contributed by atoms with Crippen LogP contribution in [0.4, 0.5) is 15.8 Å². The molecule has 0 aliphatic rings. The second kappa shape index (κ2) is 7.65. The van der Waals surface area contributed by atoms with E-state index >= 15 is 0 Å². The number of halogens is 2. The number of benzene rings is 2. The fourth-order valence-corrected chi connectivity index (χ4v) is 2.16. The fourth-order valence-electron chi connectivity index (χ4n) is 1.94. The number of hydrogen-bond acceptors (Lipinski definition) is 4. The maximum Gasteiger partial charge on any atom is 0.271 e. The highest BCUT2D eigenvalue weighted by Crippen LogP contribution is 2.26. The van der Waals surface area contributed by atoms with Gasteiger partial charge >= 0.3 is 0 Å². The molecule has 1 N–H and O–H groups in total. The Morgan fingerprint density at radius 1 is 1.12 bits per heavy atom. The van der Waals surface area contributed by atoms with Gasteiger partial charge in [-0.25, -0.2) is 4.39 Å². The van der Waals surface area contributed by atoms with Gasteiger partial charge in [-0.1, -0.05) is 11.6 Å². The van der Waals surface area contributed by atoms with Crippen LogP contribution < -0.4 is 5.32 Å². The molecule has 0 bridgehead atoms.